The molecule has 0 bridgehead atoms. The number of rotatable bonds is 8. The number of para-hydroxylation sites is 1. The van der Waals surface area contributed by atoms with Crippen molar-refractivity contribution in [3.05, 3.63) is 58.6 Å². The number of carbonyl (C=O) groups excluding carboxylic acids is 3. The van der Waals surface area contributed by atoms with E-state index in [4.69, 9.17) is 25.8 Å². The maximum Gasteiger partial charge on any atom is 0.325 e. The fraction of sp³-hybridized carbons (Fsp3) is 0.211. The van der Waals surface area contributed by atoms with Gasteiger partial charge in [0, 0.05) is 5.56 Å². The lowest BCUT2D eigenvalue weighted by molar-refractivity contribution is -0.141. The van der Waals surface area contributed by atoms with E-state index in [1.807, 2.05) is 0 Å². The summed E-state index contributed by atoms with van der Waals surface area (Å²) in [5.41, 5.74) is 0.573. The topological polar surface area (TPSA) is 90.9 Å². The summed E-state index contributed by atoms with van der Waals surface area (Å²) in [6, 6.07) is 11.1. The maximum absolute atomic E-state index is 12.1. The number of halogens is 1. The highest BCUT2D eigenvalue weighted by atomic mass is 35.5. The molecule has 8 heteroatoms. The number of amides is 1. The Labute approximate surface area is 161 Å². The van der Waals surface area contributed by atoms with Gasteiger partial charge in [-0.2, -0.15) is 0 Å². The highest BCUT2D eigenvalue weighted by Crippen LogP contribution is 2.25. The lowest BCUT2D eigenvalue weighted by Gasteiger charge is -2.09. The SMILES string of the molecule is COc1ccc(C(=O)COC(=O)CNC(=O)c2ccccc2OC)cc1Cl. The molecule has 2 aromatic carbocycles. The van der Waals surface area contributed by atoms with Crippen LogP contribution < -0.4 is 14.8 Å². The zero-order valence-corrected chi connectivity index (χ0v) is 15.5. The van der Waals surface area contributed by atoms with Crippen LogP contribution >= 0.6 is 11.6 Å². The van der Waals surface area contributed by atoms with E-state index in [2.05, 4.69) is 5.32 Å². The van der Waals surface area contributed by atoms with E-state index in [-0.39, 0.29) is 22.7 Å². The lowest BCUT2D eigenvalue weighted by Crippen LogP contribution is -2.31. The summed E-state index contributed by atoms with van der Waals surface area (Å²) in [5, 5.41) is 2.70. The predicted molar refractivity (Wildman–Crippen MR) is 98.6 cm³/mol. The molecular weight excluding hydrogens is 374 g/mol. The normalized spacial score (nSPS) is 10.0. The molecule has 0 heterocycles. The Hall–Kier alpha value is -3.06. The van der Waals surface area contributed by atoms with Crippen molar-refractivity contribution in [1.82, 2.24) is 5.32 Å². The predicted octanol–water partition coefficient (Wildman–Crippen LogP) is 2.51. The molecule has 1 N–H and O–H groups in total. The first kappa shape index (κ1) is 20.3. The smallest absolute Gasteiger partial charge is 0.325 e. The molecule has 2 rings (SSSR count). The summed E-state index contributed by atoms with van der Waals surface area (Å²) in [5.74, 6) is -0.841. The van der Waals surface area contributed by atoms with E-state index in [9.17, 15) is 14.4 Å². The second-order valence-electron chi connectivity index (χ2n) is 5.32. The minimum Gasteiger partial charge on any atom is -0.496 e. The first-order chi connectivity index (χ1) is 13.0. The van der Waals surface area contributed by atoms with Crippen molar-refractivity contribution in [2.24, 2.45) is 0 Å². The molecule has 0 saturated carbocycles. The molecule has 0 fully saturated rings. The molecule has 0 saturated heterocycles. The van der Waals surface area contributed by atoms with Crippen molar-refractivity contribution in [3.63, 3.8) is 0 Å². The van der Waals surface area contributed by atoms with Gasteiger partial charge in [0.2, 0.25) is 0 Å². The van der Waals surface area contributed by atoms with Crippen molar-refractivity contribution >= 4 is 29.3 Å². The van der Waals surface area contributed by atoms with Crippen molar-refractivity contribution in [2.45, 2.75) is 0 Å². The minimum absolute atomic E-state index is 0.277. The lowest BCUT2D eigenvalue weighted by atomic mass is 10.1. The minimum atomic E-state index is -0.744. The average Bonchev–Trinajstić information content (AvgIpc) is 2.69. The molecular formula is C19H18ClNO6. The number of benzene rings is 2. The van der Waals surface area contributed by atoms with E-state index >= 15 is 0 Å². The van der Waals surface area contributed by atoms with Gasteiger partial charge in [0.05, 0.1) is 24.8 Å². The Balaban J connectivity index is 1.84. The monoisotopic (exact) mass is 391 g/mol. The average molecular weight is 392 g/mol. The number of Topliss-reactive ketones (excluding diaryl/α,β-unsaturated/α-hetero) is 1. The first-order valence-corrected chi connectivity index (χ1v) is 8.27. The van der Waals surface area contributed by atoms with Gasteiger partial charge in [-0.05, 0) is 30.3 Å². The zero-order valence-electron chi connectivity index (χ0n) is 14.8. The van der Waals surface area contributed by atoms with Crippen LogP contribution in [0.1, 0.15) is 20.7 Å². The van der Waals surface area contributed by atoms with Gasteiger partial charge in [0.15, 0.2) is 12.4 Å². The van der Waals surface area contributed by atoms with Gasteiger partial charge in [-0.1, -0.05) is 23.7 Å². The number of hydrogen-bond donors (Lipinski definition) is 1. The van der Waals surface area contributed by atoms with Crippen LogP contribution in [0.15, 0.2) is 42.5 Å². The molecule has 0 aromatic heterocycles. The van der Waals surface area contributed by atoms with Gasteiger partial charge in [0.1, 0.15) is 18.0 Å². The molecule has 2 aromatic rings. The Morgan fingerprint density at radius 1 is 1.00 bits per heavy atom. The van der Waals surface area contributed by atoms with E-state index in [0.29, 0.717) is 11.5 Å². The zero-order chi connectivity index (χ0) is 19.8. The summed E-state index contributed by atoms with van der Waals surface area (Å²) in [4.78, 5) is 35.9. The van der Waals surface area contributed by atoms with Crippen molar-refractivity contribution in [1.29, 1.82) is 0 Å². The fourth-order valence-electron chi connectivity index (χ4n) is 2.20. The number of carbonyl (C=O) groups is 3. The number of esters is 1. The van der Waals surface area contributed by atoms with Crippen molar-refractivity contribution in [3.8, 4) is 11.5 Å². The van der Waals surface area contributed by atoms with Crippen molar-refractivity contribution < 1.29 is 28.6 Å². The maximum atomic E-state index is 12.1. The Morgan fingerprint density at radius 2 is 1.70 bits per heavy atom. The molecule has 0 radical (unpaired) electrons. The molecule has 0 aliphatic rings. The number of ether oxygens (including phenoxy) is 3. The van der Waals surface area contributed by atoms with Crippen molar-refractivity contribution in [2.75, 3.05) is 27.4 Å². The van der Waals surface area contributed by atoms with Crippen LogP contribution in [-0.4, -0.2) is 45.0 Å². The van der Waals surface area contributed by atoms with Gasteiger partial charge in [0.25, 0.3) is 5.91 Å². The largest absolute Gasteiger partial charge is 0.496 e. The Bertz CT molecular complexity index is 852. The van der Waals surface area contributed by atoms with Gasteiger partial charge in [-0.15, -0.1) is 0 Å². The van der Waals surface area contributed by atoms with E-state index in [1.54, 1.807) is 30.3 Å². The molecule has 7 nitrogen and oxygen atoms in total. The van der Waals surface area contributed by atoms with Crippen LogP contribution in [0.5, 0.6) is 11.5 Å². The highest BCUT2D eigenvalue weighted by Gasteiger charge is 2.15. The third-order valence-corrected chi connectivity index (χ3v) is 3.88. The quantitative estimate of drug-likeness (QED) is 0.549. The Morgan fingerprint density at radius 3 is 2.37 bits per heavy atom. The van der Waals surface area contributed by atoms with E-state index in [0.717, 1.165) is 0 Å². The highest BCUT2D eigenvalue weighted by molar-refractivity contribution is 6.32. The number of hydrogen-bond acceptors (Lipinski definition) is 6. The van der Waals surface area contributed by atoms with Crippen LogP contribution in [0, 0.1) is 0 Å². The first-order valence-electron chi connectivity index (χ1n) is 7.89. The molecule has 0 spiro atoms. The fourth-order valence-corrected chi connectivity index (χ4v) is 2.46. The molecule has 1 amide bonds. The third-order valence-electron chi connectivity index (χ3n) is 3.58. The third kappa shape index (κ3) is 5.46. The van der Waals surface area contributed by atoms with Gasteiger partial charge < -0.3 is 19.5 Å². The van der Waals surface area contributed by atoms with Crippen LogP contribution in [-0.2, 0) is 9.53 Å². The molecule has 27 heavy (non-hydrogen) atoms. The van der Waals surface area contributed by atoms with Gasteiger partial charge >= 0.3 is 5.97 Å². The summed E-state index contributed by atoms with van der Waals surface area (Å²) in [7, 11) is 2.90. The van der Waals surface area contributed by atoms with E-state index < -0.39 is 24.3 Å². The number of nitrogens with one attached hydrogen (secondary N) is 1. The summed E-state index contributed by atoms with van der Waals surface area (Å²) >= 11 is 5.96. The van der Waals surface area contributed by atoms with Crippen LogP contribution in [0.25, 0.3) is 0 Å². The van der Waals surface area contributed by atoms with Gasteiger partial charge in [-0.3, -0.25) is 14.4 Å². The van der Waals surface area contributed by atoms with E-state index in [1.165, 1.54) is 26.4 Å². The second-order valence-corrected chi connectivity index (χ2v) is 5.72. The van der Waals surface area contributed by atoms with Crippen LogP contribution in [0.2, 0.25) is 5.02 Å². The summed E-state index contributed by atoms with van der Waals surface area (Å²) in [6.07, 6.45) is 0. The summed E-state index contributed by atoms with van der Waals surface area (Å²) in [6.45, 7) is -0.848. The van der Waals surface area contributed by atoms with Crippen LogP contribution in [0.3, 0.4) is 0 Å². The molecule has 0 aliphatic heterocycles. The number of ketones is 1. The Kier molecular flexibility index (Phi) is 7.19. The standard InChI is InChI=1S/C19H18ClNO6/c1-25-16-6-4-3-5-13(16)19(24)21-10-18(23)27-11-15(22)12-7-8-17(26-2)14(20)9-12/h3-9H,10-11H2,1-2H3,(H,21,24). The van der Waals surface area contributed by atoms with Gasteiger partial charge in [-0.25, -0.2) is 0 Å². The molecule has 0 atom stereocenters. The summed E-state index contributed by atoms with van der Waals surface area (Å²) < 4.78 is 15.0. The second kappa shape index (κ2) is 9.59. The van der Waals surface area contributed by atoms with Crippen LogP contribution in [0.4, 0.5) is 0 Å². The molecule has 0 aliphatic carbocycles. The molecule has 142 valence electrons. The number of methoxy groups -OCH3 is 2. The molecule has 0 unspecified atom stereocenters.